The van der Waals surface area contributed by atoms with E-state index < -0.39 is 40.0 Å². The van der Waals surface area contributed by atoms with Gasteiger partial charge in [0.15, 0.2) is 12.2 Å². The smallest absolute Gasteiger partial charge is 0.347 e. The third-order valence-electron chi connectivity index (χ3n) is 12.7. The van der Waals surface area contributed by atoms with Crippen LogP contribution in [0.4, 0.5) is 0 Å². The summed E-state index contributed by atoms with van der Waals surface area (Å²) in [7, 11) is -1.34. The molecule has 0 aliphatic heterocycles. The maximum Gasteiger partial charge on any atom is 0.347 e. The Labute approximate surface area is 349 Å². The Hall–Kier alpha value is -1.58. The molecule has 0 radical (unpaired) electrons. The van der Waals surface area contributed by atoms with Crippen LogP contribution in [-0.4, -0.2) is 60.0 Å². The van der Waals surface area contributed by atoms with Gasteiger partial charge in [0.1, 0.15) is 11.5 Å². The van der Waals surface area contributed by atoms with Crippen molar-refractivity contribution in [2.24, 2.45) is 0 Å². The fourth-order valence-electron chi connectivity index (χ4n) is 10.0. The first-order chi connectivity index (χ1) is 27.2. The highest BCUT2D eigenvalue weighted by Crippen LogP contribution is 2.61. The van der Waals surface area contributed by atoms with Crippen LogP contribution < -0.4 is 20.1 Å². The molecule has 56 heavy (non-hydrogen) atoms. The highest BCUT2D eigenvalue weighted by atomic mass is 35.5. The Morgan fingerprint density at radius 1 is 0.536 bits per heavy atom. The number of esters is 2. The Balaban J connectivity index is 1.68. The number of rotatable bonds is 15. The van der Waals surface area contributed by atoms with E-state index in [1.807, 2.05) is 26.0 Å². The maximum atomic E-state index is 13.3. The summed E-state index contributed by atoms with van der Waals surface area (Å²) in [6, 6.07) is 8.60. The molecule has 4 saturated carbocycles. The molecule has 2 aromatic carbocycles. The van der Waals surface area contributed by atoms with Gasteiger partial charge in [0, 0.05) is 11.1 Å². The van der Waals surface area contributed by atoms with Crippen LogP contribution in [0.2, 0.25) is 10.0 Å². The molecule has 2 unspecified atom stereocenters. The lowest BCUT2D eigenvalue weighted by molar-refractivity contribution is -0.151. The number of carbonyl (C=O) groups is 2. The average Bonchev–Trinajstić information content (AvgIpc) is 3.22. The first-order valence-electron chi connectivity index (χ1n) is 22.1. The lowest BCUT2D eigenvalue weighted by Gasteiger charge is -2.42. The van der Waals surface area contributed by atoms with Gasteiger partial charge in [0.25, 0.3) is 0 Å². The van der Waals surface area contributed by atoms with Crippen LogP contribution >= 0.6 is 39.0 Å². The lowest BCUT2D eigenvalue weighted by atomic mass is 9.99. The normalized spacial score (nSPS) is 20.5. The van der Waals surface area contributed by atoms with Gasteiger partial charge < -0.3 is 18.9 Å². The number of hydrogen-bond donors (Lipinski definition) is 0. The molecule has 0 aromatic heterocycles. The van der Waals surface area contributed by atoms with E-state index in [0.717, 1.165) is 11.1 Å². The van der Waals surface area contributed by atoms with Crippen molar-refractivity contribution >= 4 is 61.6 Å². The van der Waals surface area contributed by atoms with Gasteiger partial charge in [0.05, 0.1) is 23.3 Å². The zero-order valence-corrected chi connectivity index (χ0v) is 37.7. The van der Waals surface area contributed by atoms with Crippen molar-refractivity contribution < 1.29 is 28.5 Å². The molecule has 4 fully saturated rings. The van der Waals surface area contributed by atoms with Crippen LogP contribution in [-0.2, 0) is 19.1 Å². The van der Waals surface area contributed by atoms with Crippen molar-refractivity contribution in [3.05, 3.63) is 34.3 Å². The second kappa shape index (κ2) is 21.6. The van der Waals surface area contributed by atoms with E-state index in [-0.39, 0.29) is 13.2 Å². The molecular formula is C46H66Cl2O6P2. The topological polar surface area (TPSA) is 71.1 Å². The number of carbonyl (C=O) groups excluding carboxylic acids is 2. The van der Waals surface area contributed by atoms with Crippen LogP contribution in [0.15, 0.2) is 24.3 Å². The maximum absolute atomic E-state index is 13.3. The summed E-state index contributed by atoms with van der Waals surface area (Å²) in [6.07, 6.45) is 23.2. The monoisotopic (exact) mass is 846 g/mol. The first kappa shape index (κ1) is 44.0. The van der Waals surface area contributed by atoms with Gasteiger partial charge in [-0.1, -0.05) is 128 Å². The molecule has 0 N–H and O–H groups in total. The molecule has 6 nitrogen and oxygen atoms in total. The molecule has 0 amide bonds. The van der Waals surface area contributed by atoms with Gasteiger partial charge in [-0.25, -0.2) is 9.59 Å². The molecule has 0 saturated heterocycles. The average molecular weight is 848 g/mol. The van der Waals surface area contributed by atoms with Crippen molar-refractivity contribution in [1.29, 1.82) is 0 Å². The Morgan fingerprint density at radius 3 is 1.09 bits per heavy atom. The molecular weight excluding hydrogens is 781 g/mol. The number of ether oxygens (including phenoxy) is 4. The Bertz CT molecular complexity index is 1440. The van der Waals surface area contributed by atoms with E-state index in [4.69, 9.17) is 42.1 Å². The van der Waals surface area contributed by atoms with Gasteiger partial charge in [-0.15, -0.1) is 0 Å². The summed E-state index contributed by atoms with van der Waals surface area (Å²) >= 11 is 14.7. The van der Waals surface area contributed by atoms with Gasteiger partial charge >= 0.3 is 11.9 Å². The predicted octanol–water partition coefficient (Wildman–Crippen LogP) is 12.9. The molecule has 0 spiro atoms. The summed E-state index contributed by atoms with van der Waals surface area (Å²) < 4.78 is 24.7. The fourth-order valence-corrected chi connectivity index (χ4v) is 18.3. The van der Waals surface area contributed by atoms with Crippen molar-refractivity contribution in [3.63, 3.8) is 0 Å². The number of benzene rings is 2. The SMILES string of the molecule is CCOC(=O)C(C)Oc1c(Cl)ccc(P(C2CCCCC2)C2CCCCC2)c1-c1c(P(C2CCCCC2)C2CCCCC2)ccc(Cl)c1OC(C)C(=O)OCC. The molecule has 4 aliphatic rings. The molecule has 310 valence electrons. The largest absolute Gasteiger partial charge is 0.477 e. The van der Waals surface area contributed by atoms with Gasteiger partial charge in [0.2, 0.25) is 0 Å². The van der Waals surface area contributed by atoms with Crippen LogP contribution in [0.1, 0.15) is 156 Å². The predicted molar refractivity (Wildman–Crippen MR) is 236 cm³/mol. The van der Waals surface area contributed by atoms with E-state index >= 15 is 0 Å². The van der Waals surface area contributed by atoms with Crippen LogP contribution in [0.3, 0.4) is 0 Å². The van der Waals surface area contributed by atoms with Gasteiger partial charge in [-0.3, -0.25) is 0 Å². The Morgan fingerprint density at radius 2 is 0.821 bits per heavy atom. The van der Waals surface area contributed by atoms with E-state index in [9.17, 15) is 9.59 Å². The van der Waals surface area contributed by atoms with Crippen molar-refractivity contribution in [1.82, 2.24) is 0 Å². The minimum absolute atomic E-state index is 0.261. The molecule has 10 heteroatoms. The fraction of sp³-hybridized carbons (Fsp3) is 0.696. The summed E-state index contributed by atoms with van der Waals surface area (Å²) in [5, 5.41) is 3.48. The van der Waals surface area contributed by atoms with Gasteiger partial charge in [-0.05, 0) is 124 Å². The highest BCUT2D eigenvalue weighted by Gasteiger charge is 2.41. The molecule has 4 aliphatic carbocycles. The Kier molecular flexibility index (Phi) is 17.0. The second-order valence-electron chi connectivity index (χ2n) is 16.5. The van der Waals surface area contributed by atoms with E-state index in [1.165, 1.54) is 139 Å². The summed E-state index contributed by atoms with van der Waals surface area (Å²) in [5.41, 5.74) is 4.19. The van der Waals surface area contributed by atoms with E-state index in [1.54, 1.807) is 13.8 Å². The van der Waals surface area contributed by atoms with E-state index in [0.29, 0.717) is 44.2 Å². The third-order valence-corrected chi connectivity index (χ3v) is 20.3. The summed E-state index contributed by atoms with van der Waals surface area (Å²) in [4.78, 5) is 26.7. The van der Waals surface area contributed by atoms with Crippen LogP contribution in [0, 0.1) is 0 Å². The number of halogens is 2. The first-order valence-corrected chi connectivity index (χ1v) is 25.8. The minimum atomic E-state index is -0.888. The van der Waals surface area contributed by atoms with Crippen molar-refractivity contribution in [3.8, 4) is 22.6 Å². The molecule has 2 aromatic rings. The molecule has 0 heterocycles. The molecule has 2 atom stereocenters. The zero-order chi connectivity index (χ0) is 39.6. The van der Waals surface area contributed by atoms with Crippen molar-refractivity contribution in [2.45, 2.75) is 191 Å². The zero-order valence-electron chi connectivity index (χ0n) is 34.4. The molecule has 0 bridgehead atoms. The third kappa shape index (κ3) is 10.6. The van der Waals surface area contributed by atoms with Crippen LogP contribution in [0.25, 0.3) is 11.1 Å². The number of hydrogen-bond acceptors (Lipinski definition) is 6. The summed E-state index contributed by atoms with van der Waals surface area (Å²) in [5.74, 6) is 0.158. The van der Waals surface area contributed by atoms with E-state index in [2.05, 4.69) is 12.1 Å². The lowest BCUT2D eigenvalue weighted by Crippen LogP contribution is -2.32. The van der Waals surface area contributed by atoms with Crippen LogP contribution in [0.5, 0.6) is 11.5 Å². The second-order valence-corrected chi connectivity index (χ2v) is 22.9. The highest BCUT2D eigenvalue weighted by molar-refractivity contribution is 7.68. The van der Waals surface area contributed by atoms with Crippen molar-refractivity contribution in [2.75, 3.05) is 13.2 Å². The minimum Gasteiger partial charge on any atom is -0.477 e. The summed E-state index contributed by atoms with van der Waals surface area (Å²) in [6.45, 7) is 7.67. The van der Waals surface area contributed by atoms with Gasteiger partial charge in [-0.2, -0.15) is 0 Å². The standard InChI is InChI=1S/C46H66Cl2O6P2/c1-5-51-45(49)31(3)53-43-37(47)27-29-39(55(33-19-11-7-12-20-33)34-21-13-8-14-22-34)41(43)42-40(30-28-38(48)44(42)54-32(4)46(50)52-6-2)56(35-23-15-9-16-24-35)36-25-17-10-18-26-36/h27-36H,5-26H2,1-4H3. The quantitative estimate of drug-likeness (QED) is 0.131. The molecule has 6 rings (SSSR count).